The normalized spacial score (nSPS) is 38.5. The van der Waals surface area contributed by atoms with Gasteiger partial charge in [-0.1, -0.05) is 0 Å². The third kappa shape index (κ3) is 1.15. The average Bonchev–Trinajstić information content (AvgIpc) is 2.64. The summed E-state index contributed by atoms with van der Waals surface area (Å²) in [6.45, 7) is 0. The standard InChI is InChI=1S/C7H10N2O6/c10-4-2-1-3(5(4)11)9(7(14)15)8(2)6(12)13/h2-5,10-11H,1H2,(H,12,13)(H,14,15). The van der Waals surface area contributed by atoms with Gasteiger partial charge in [-0.25, -0.2) is 19.6 Å². The first-order chi connectivity index (χ1) is 6.95. The van der Waals surface area contributed by atoms with Gasteiger partial charge in [-0.05, 0) is 6.42 Å². The molecule has 1 saturated carbocycles. The van der Waals surface area contributed by atoms with E-state index in [0.717, 1.165) is 0 Å². The number of hydrogen-bond acceptors (Lipinski definition) is 4. The minimum Gasteiger partial charge on any atom is -0.464 e. The second-order valence-corrected chi connectivity index (χ2v) is 3.61. The molecule has 2 aliphatic rings. The van der Waals surface area contributed by atoms with Gasteiger partial charge in [-0.2, -0.15) is 0 Å². The topological polar surface area (TPSA) is 122 Å². The van der Waals surface area contributed by atoms with E-state index in [2.05, 4.69) is 0 Å². The van der Waals surface area contributed by atoms with Gasteiger partial charge in [0, 0.05) is 0 Å². The van der Waals surface area contributed by atoms with Crippen LogP contribution in [0.3, 0.4) is 0 Å². The molecule has 84 valence electrons. The van der Waals surface area contributed by atoms with E-state index in [9.17, 15) is 19.8 Å². The first kappa shape index (κ1) is 9.99. The molecule has 4 atom stereocenters. The minimum atomic E-state index is -1.45. The number of amides is 2. The number of carboxylic acid groups (broad SMARTS) is 2. The number of nitrogens with zero attached hydrogens (tertiary/aromatic N) is 2. The smallest absolute Gasteiger partial charge is 0.426 e. The number of rotatable bonds is 0. The van der Waals surface area contributed by atoms with E-state index in [1.54, 1.807) is 0 Å². The summed E-state index contributed by atoms with van der Waals surface area (Å²) in [6.07, 6.45) is -5.21. The van der Waals surface area contributed by atoms with Crippen molar-refractivity contribution >= 4 is 12.2 Å². The van der Waals surface area contributed by atoms with Gasteiger partial charge < -0.3 is 20.4 Å². The summed E-state index contributed by atoms with van der Waals surface area (Å²) in [7, 11) is 0. The van der Waals surface area contributed by atoms with Gasteiger partial charge in [-0.15, -0.1) is 0 Å². The summed E-state index contributed by atoms with van der Waals surface area (Å²) < 4.78 is 0. The van der Waals surface area contributed by atoms with E-state index in [-0.39, 0.29) is 6.42 Å². The predicted octanol–water partition coefficient (Wildman–Crippen LogP) is -1.26. The molecule has 2 fully saturated rings. The summed E-state index contributed by atoms with van der Waals surface area (Å²) in [4.78, 5) is 21.6. The van der Waals surface area contributed by atoms with E-state index in [1.165, 1.54) is 0 Å². The van der Waals surface area contributed by atoms with Crippen LogP contribution < -0.4 is 0 Å². The summed E-state index contributed by atoms with van der Waals surface area (Å²) in [5.41, 5.74) is 0. The molecule has 0 aromatic rings. The summed E-state index contributed by atoms with van der Waals surface area (Å²) in [5, 5.41) is 37.6. The fraction of sp³-hybridized carbons (Fsp3) is 0.714. The van der Waals surface area contributed by atoms with E-state index >= 15 is 0 Å². The first-order valence-corrected chi connectivity index (χ1v) is 4.35. The molecule has 0 spiro atoms. The molecule has 4 unspecified atom stereocenters. The molecular formula is C7H10N2O6. The highest BCUT2D eigenvalue weighted by Crippen LogP contribution is 2.38. The van der Waals surface area contributed by atoms with Gasteiger partial charge in [0.2, 0.25) is 0 Å². The number of hydrazine groups is 1. The van der Waals surface area contributed by atoms with E-state index in [4.69, 9.17) is 10.2 Å². The van der Waals surface area contributed by atoms with Crippen LogP contribution in [0.1, 0.15) is 6.42 Å². The highest BCUT2D eigenvalue weighted by atomic mass is 16.4. The molecule has 1 aliphatic heterocycles. The van der Waals surface area contributed by atoms with Crippen molar-refractivity contribution in [2.24, 2.45) is 0 Å². The zero-order valence-corrected chi connectivity index (χ0v) is 7.52. The van der Waals surface area contributed by atoms with Crippen LogP contribution >= 0.6 is 0 Å². The Kier molecular flexibility index (Phi) is 1.98. The van der Waals surface area contributed by atoms with Crippen LogP contribution in [0.2, 0.25) is 0 Å². The number of carbonyl (C=O) groups is 2. The molecule has 2 rings (SSSR count). The Morgan fingerprint density at radius 1 is 0.933 bits per heavy atom. The van der Waals surface area contributed by atoms with Crippen LogP contribution in [-0.2, 0) is 0 Å². The van der Waals surface area contributed by atoms with Crippen molar-refractivity contribution in [3.63, 3.8) is 0 Å². The molecule has 1 aliphatic carbocycles. The zero-order chi connectivity index (χ0) is 11.3. The van der Waals surface area contributed by atoms with Crippen molar-refractivity contribution in [3.05, 3.63) is 0 Å². The Bertz CT molecular complexity index is 291. The van der Waals surface area contributed by atoms with Crippen LogP contribution in [0, 0.1) is 0 Å². The van der Waals surface area contributed by atoms with Gasteiger partial charge in [0.05, 0.1) is 12.1 Å². The molecule has 1 heterocycles. The lowest BCUT2D eigenvalue weighted by molar-refractivity contribution is -0.117. The SMILES string of the molecule is O=C(O)N1C2CC(C(O)C2O)N1C(=O)O. The van der Waals surface area contributed by atoms with Crippen molar-refractivity contribution in [1.29, 1.82) is 0 Å². The quantitative estimate of drug-likeness (QED) is 0.402. The molecule has 2 amide bonds. The monoisotopic (exact) mass is 218 g/mol. The summed E-state index contributed by atoms with van der Waals surface area (Å²) >= 11 is 0. The maximum Gasteiger partial charge on any atom is 0.426 e. The lowest BCUT2D eigenvalue weighted by Gasteiger charge is -2.38. The third-order valence-corrected chi connectivity index (χ3v) is 2.87. The molecule has 1 saturated heterocycles. The molecule has 15 heavy (non-hydrogen) atoms. The van der Waals surface area contributed by atoms with Gasteiger partial charge >= 0.3 is 12.2 Å². The van der Waals surface area contributed by atoms with Crippen molar-refractivity contribution in [3.8, 4) is 0 Å². The first-order valence-electron chi connectivity index (χ1n) is 4.35. The molecule has 8 heteroatoms. The van der Waals surface area contributed by atoms with Gasteiger partial charge in [0.15, 0.2) is 0 Å². The zero-order valence-electron chi connectivity index (χ0n) is 7.52. The number of aliphatic hydroxyl groups is 2. The summed E-state index contributed by atoms with van der Waals surface area (Å²) in [5.74, 6) is 0. The predicted molar refractivity (Wildman–Crippen MR) is 43.9 cm³/mol. The van der Waals surface area contributed by atoms with Crippen LogP contribution in [0.5, 0.6) is 0 Å². The van der Waals surface area contributed by atoms with Gasteiger partial charge in [0.25, 0.3) is 0 Å². The van der Waals surface area contributed by atoms with Crippen LogP contribution in [-0.4, -0.2) is 66.9 Å². The number of fused-ring (bicyclic) bond motifs is 2. The lowest BCUT2D eigenvalue weighted by Crippen LogP contribution is -2.61. The molecule has 0 aromatic carbocycles. The van der Waals surface area contributed by atoms with Crippen molar-refractivity contribution in [2.45, 2.75) is 30.7 Å². The van der Waals surface area contributed by atoms with E-state index < -0.39 is 36.5 Å². The van der Waals surface area contributed by atoms with E-state index in [0.29, 0.717) is 10.0 Å². The second kappa shape index (κ2) is 2.97. The second-order valence-electron chi connectivity index (χ2n) is 3.61. The van der Waals surface area contributed by atoms with Gasteiger partial charge in [-0.3, -0.25) is 0 Å². The van der Waals surface area contributed by atoms with Crippen LogP contribution in [0.25, 0.3) is 0 Å². The Balaban J connectivity index is 2.32. The lowest BCUT2D eigenvalue weighted by atomic mass is 10.1. The molecule has 4 N–H and O–H groups in total. The number of hydrogen-bond donors (Lipinski definition) is 4. The maximum atomic E-state index is 10.8. The Labute approximate surface area is 83.9 Å². The highest BCUT2D eigenvalue weighted by molar-refractivity contribution is 5.74. The minimum absolute atomic E-state index is 0.126. The third-order valence-electron chi connectivity index (χ3n) is 2.87. The number of aliphatic hydroxyl groups excluding tert-OH is 2. The maximum absolute atomic E-state index is 10.8. The Hall–Kier alpha value is -1.54. The molecule has 2 bridgehead atoms. The average molecular weight is 218 g/mol. The van der Waals surface area contributed by atoms with Crippen molar-refractivity contribution in [1.82, 2.24) is 10.0 Å². The molecule has 0 radical (unpaired) electrons. The van der Waals surface area contributed by atoms with E-state index in [1.807, 2.05) is 0 Å². The summed E-state index contributed by atoms with van der Waals surface area (Å²) in [6, 6.07) is -1.75. The fourth-order valence-electron chi connectivity index (χ4n) is 2.26. The van der Waals surface area contributed by atoms with Crippen molar-refractivity contribution in [2.75, 3.05) is 0 Å². The van der Waals surface area contributed by atoms with Crippen LogP contribution in [0.15, 0.2) is 0 Å². The highest BCUT2D eigenvalue weighted by Gasteiger charge is 2.59. The molecule has 8 nitrogen and oxygen atoms in total. The van der Waals surface area contributed by atoms with Crippen LogP contribution in [0.4, 0.5) is 9.59 Å². The molecular weight excluding hydrogens is 208 g/mol. The fourth-order valence-corrected chi connectivity index (χ4v) is 2.26. The van der Waals surface area contributed by atoms with Gasteiger partial charge in [0.1, 0.15) is 12.2 Å². The Morgan fingerprint density at radius 3 is 1.53 bits per heavy atom. The molecule has 0 aromatic heterocycles. The largest absolute Gasteiger partial charge is 0.464 e. The Morgan fingerprint density at radius 2 is 1.27 bits per heavy atom. The van der Waals surface area contributed by atoms with Crippen molar-refractivity contribution < 1.29 is 30.0 Å².